The fourth-order valence-electron chi connectivity index (χ4n) is 1.63. The molecule has 0 N–H and O–H groups in total. The molecule has 1 aromatic carbocycles. The van der Waals surface area contributed by atoms with Crippen LogP contribution < -0.4 is 4.74 Å². The Kier molecular flexibility index (Phi) is 7.36. The topological polar surface area (TPSA) is 9.23 Å². The smallest absolute Gasteiger partial charge is 0.142 e. The van der Waals surface area contributed by atoms with E-state index in [2.05, 4.69) is 25.7 Å². The highest BCUT2D eigenvalue weighted by Gasteiger charge is 2.06. The SMILES string of the molecule is CCC(CC)COc1ccc(C#CCCCl)c(F)c1. The minimum atomic E-state index is -0.343. The number of halogens is 2. The Morgan fingerprint density at radius 2 is 2.05 bits per heavy atom. The maximum absolute atomic E-state index is 13.8. The van der Waals surface area contributed by atoms with Crippen LogP contribution in [-0.2, 0) is 0 Å². The van der Waals surface area contributed by atoms with E-state index in [0.717, 1.165) is 12.8 Å². The fourth-order valence-corrected chi connectivity index (χ4v) is 1.72. The molecule has 0 atom stereocenters. The van der Waals surface area contributed by atoms with E-state index in [4.69, 9.17) is 16.3 Å². The molecule has 0 fully saturated rings. The summed E-state index contributed by atoms with van der Waals surface area (Å²) >= 11 is 5.51. The third-order valence-corrected chi connectivity index (χ3v) is 3.21. The monoisotopic (exact) mass is 282 g/mol. The fraction of sp³-hybridized carbons (Fsp3) is 0.500. The minimum Gasteiger partial charge on any atom is -0.493 e. The van der Waals surface area contributed by atoms with Crippen molar-refractivity contribution < 1.29 is 9.13 Å². The first-order valence-electron chi connectivity index (χ1n) is 6.68. The van der Waals surface area contributed by atoms with Gasteiger partial charge in [-0.3, -0.25) is 0 Å². The lowest BCUT2D eigenvalue weighted by molar-refractivity contribution is 0.240. The maximum Gasteiger partial charge on any atom is 0.142 e. The van der Waals surface area contributed by atoms with Crippen molar-refractivity contribution in [2.45, 2.75) is 33.1 Å². The molecule has 0 bridgehead atoms. The highest BCUT2D eigenvalue weighted by molar-refractivity contribution is 6.18. The molecule has 0 heterocycles. The van der Waals surface area contributed by atoms with Gasteiger partial charge in [0.25, 0.3) is 0 Å². The van der Waals surface area contributed by atoms with Gasteiger partial charge in [-0.2, -0.15) is 0 Å². The molecule has 19 heavy (non-hydrogen) atoms. The summed E-state index contributed by atoms with van der Waals surface area (Å²) in [6.07, 6.45) is 2.70. The van der Waals surface area contributed by atoms with Gasteiger partial charge in [0.2, 0.25) is 0 Å². The zero-order valence-corrected chi connectivity index (χ0v) is 12.3. The summed E-state index contributed by atoms with van der Waals surface area (Å²) in [5, 5.41) is 0. The van der Waals surface area contributed by atoms with E-state index in [0.29, 0.717) is 36.1 Å². The largest absolute Gasteiger partial charge is 0.493 e. The van der Waals surface area contributed by atoms with Crippen LogP contribution >= 0.6 is 11.6 Å². The number of hydrogen-bond acceptors (Lipinski definition) is 1. The van der Waals surface area contributed by atoms with Gasteiger partial charge in [-0.1, -0.05) is 38.5 Å². The molecule has 1 aromatic rings. The quantitative estimate of drug-likeness (QED) is 0.546. The van der Waals surface area contributed by atoms with Crippen LogP contribution in [0.15, 0.2) is 18.2 Å². The standard InChI is InChI=1S/C16H20ClFO/c1-3-13(4-2)12-19-15-9-8-14(16(18)11-15)7-5-6-10-17/h8-9,11,13H,3-4,6,10,12H2,1-2H3. The molecule has 3 heteroatoms. The maximum atomic E-state index is 13.8. The zero-order valence-electron chi connectivity index (χ0n) is 11.5. The Morgan fingerprint density at radius 1 is 1.32 bits per heavy atom. The second-order valence-electron chi connectivity index (χ2n) is 4.38. The second-order valence-corrected chi connectivity index (χ2v) is 4.75. The van der Waals surface area contributed by atoms with E-state index in [9.17, 15) is 4.39 Å². The summed E-state index contributed by atoms with van der Waals surface area (Å²) in [7, 11) is 0. The predicted octanol–water partition coefficient (Wildman–Crippen LogP) is 4.62. The van der Waals surface area contributed by atoms with Crippen molar-refractivity contribution in [2.75, 3.05) is 12.5 Å². The van der Waals surface area contributed by atoms with Gasteiger partial charge < -0.3 is 4.74 Å². The van der Waals surface area contributed by atoms with Gasteiger partial charge in [0.05, 0.1) is 12.2 Å². The van der Waals surface area contributed by atoms with E-state index >= 15 is 0 Å². The molecule has 0 saturated carbocycles. The molecule has 0 aromatic heterocycles. The van der Waals surface area contributed by atoms with E-state index in [1.165, 1.54) is 6.07 Å². The van der Waals surface area contributed by atoms with Gasteiger partial charge in [0, 0.05) is 18.4 Å². The lowest BCUT2D eigenvalue weighted by Crippen LogP contribution is -2.10. The summed E-state index contributed by atoms with van der Waals surface area (Å²) in [6.45, 7) is 4.89. The van der Waals surface area contributed by atoms with Crippen molar-refractivity contribution in [3.8, 4) is 17.6 Å². The first-order valence-corrected chi connectivity index (χ1v) is 7.21. The van der Waals surface area contributed by atoms with E-state index in [-0.39, 0.29) is 5.82 Å². The van der Waals surface area contributed by atoms with Crippen molar-refractivity contribution in [2.24, 2.45) is 5.92 Å². The lowest BCUT2D eigenvalue weighted by atomic mass is 10.1. The Hall–Kier alpha value is -1.20. The number of ether oxygens (including phenoxy) is 1. The van der Waals surface area contributed by atoms with Crippen LogP contribution in [0.1, 0.15) is 38.7 Å². The first kappa shape index (κ1) is 15.9. The lowest BCUT2D eigenvalue weighted by Gasteiger charge is -2.13. The van der Waals surface area contributed by atoms with Crippen LogP contribution in [0.4, 0.5) is 4.39 Å². The molecule has 0 aliphatic heterocycles. The molecule has 0 radical (unpaired) electrons. The zero-order chi connectivity index (χ0) is 14.1. The summed E-state index contributed by atoms with van der Waals surface area (Å²) in [5.74, 6) is 6.78. The summed E-state index contributed by atoms with van der Waals surface area (Å²) in [4.78, 5) is 0. The van der Waals surface area contributed by atoms with E-state index < -0.39 is 0 Å². The molecule has 104 valence electrons. The van der Waals surface area contributed by atoms with Crippen molar-refractivity contribution in [3.05, 3.63) is 29.6 Å². The molecule has 0 saturated heterocycles. The van der Waals surface area contributed by atoms with E-state index in [1.807, 2.05) is 0 Å². The molecule has 0 amide bonds. The van der Waals surface area contributed by atoms with Crippen LogP contribution in [0.5, 0.6) is 5.75 Å². The summed E-state index contributed by atoms with van der Waals surface area (Å²) in [6, 6.07) is 4.81. The van der Waals surface area contributed by atoms with Crippen molar-refractivity contribution in [3.63, 3.8) is 0 Å². The highest BCUT2D eigenvalue weighted by atomic mass is 35.5. The Balaban J connectivity index is 2.64. The molecule has 0 aliphatic carbocycles. The third kappa shape index (κ3) is 5.53. The van der Waals surface area contributed by atoms with Gasteiger partial charge in [-0.15, -0.1) is 11.6 Å². The van der Waals surface area contributed by atoms with Crippen LogP contribution in [0, 0.1) is 23.6 Å². The summed E-state index contributed by atoms with van der Waals surface area (Å²) < 4.78 is 19.4. The molecular weight excluding hydrogens is 263 g/mol. The number of alkyl halides is 1. The predicted molar refractivity (Wildman–Crippen MR) is 78.2 cm³/mol. The van der Waals surface area contributed by atoms with Gasteiger partial charge in [0.15, 0.2) is 0 Å². The number of benzene rings is 1. The minimum absolute atomic E-state index is 0.343. The normalized spacial score (nSPS) is 10.2. The number of rotatable bonds is 6. The first-order chi connectivity index (χ1) is 9.21. The molecule has 1 nitrogen and oxygen atoms in total. The molecule has 0 spiro atoms. The Bertz CT molecular complexity index is 444. The van der Waals surface area contributed by atoms with Crippen LogP contribution in [0.25, 0.3) is 0 Å². The van der Waals surface area contributed by atoms with Gasteiger partial charge in [-0.05, 0) is 18.1 Å². The molecular formula is C16H20ClFO. The average Bonchev–Trinajstić information content (AvgIpc) is 2.42. The van der Waals surface area contributed by atoms with Gasteiger partial charge >= 0.3 is 0 Å². The average molecular weight is 283 g/mol. The van der Waals surface area contributed by atoms with Crippen LogP contribution in [0.2, 0.25) is 0 Å². The third-order valence-electron chi connectivity index (χ3n) is 3.02. The van der Waals surface area contributed by atoms with Gasteiger partial charge in [0.1, 0.15) is 11.6 Å². The van der Waals surface area contributed by atoms with Crippen LogP contribution in [0.3, 0.4) is 0 Å². The Morgan fingerprint density at radius 3 is 2.63 bits per heavy atom. The number of hydrogen-bond donors (Lipinski definition) is 0. The van der Waals surface area contributed by atoms with Gasteiger partial charge in [-0.25, -0.2) is 4.39 Å². The van der Waals surface area contributed by atoms with Crippen molar-refractivity contribution in [1.82, 2.24) is 0 Å². The second kappa shape index (κ2) is 8.82. The molecule has 0 aliphatic rings. The van der Waals surface area contributed by atoms with E-state index in [1.54, 1.807) is 12.1 Å². The molecule has 1 rings (SSSR count). The van der Waals surface area contributed by atoms with Crippen molar-refractivity contribution >= 4 is 11.6 Å². The highest BCUT2D eigenvalue weighted by Crippen LogP contribution is 2.18. The summed E-state index contributed by atoms with van der Waals surface area (Å²) in [5.41, 5.74) is 0.389. The van der Waals surface area contributed by atoms with Crippen molar-refractivity contribution in [1.29, 1.82) is 0 Å². The van der Waals surface area contributed by atoms with Crippen LogP contribution in [-0.4, -0.2) is 12.5 Å². The molecule has 0 unspecified atom stereocenters. The Labute approximate surface area is 120 Å².